The molecule has 3 rings (SSSR count). The van der Waals surface area contributed by atoms with Gasteiger partial charge in [-0.05, 0) is 36.5 Å². The summed E-state index contributed by atoms with van der Waals surface area (Å²) < 4.78 is 5.56. The SMILES string of the molecule is O=C1NC(=S)N/C1=C\c1ccc(-c2ccc(Cl)cc2[N+](=O)[O-])o1. The van der Waals surface area contributed by atoms with Crippen molar-refractivity contribution >= 4 is 46.6 Å². The molecule has 2 aromatic rings. The maximum atomic E-state index is 11.6. The van der Waals surface area contributed by atoms with Gasteiger partial charge in [-0.3, -0.25) is 20.2 Å². The minimum atomic E-state index is -0.535. The lowest BCUT2D eigenvalue weighted by atomic mass is 10.1. The van der Waals surface area contributed by atoms with Gasteiger partial charge < -0.3 is 9.73 Å². The molecule has 0 radical (unpaired) electrons. The molecule has 1 fully saturated rings. The van der Waals surface area contributed by atoms with Crippen LogP contribution in [0.3, 0.4) is 0 Å². The van der Waals surface area contributed by atoms with Gasteiger partial charge in [0, 0.05) is 17.2 Å². The molecule has 1 aliphatic heterocycles. The molecule has 2 N–H and O–H groups in total. The van der Waals surface area contributed by atoms with Crippen molar-refractivity contribution in [2.75, 3.05) is 0 Å². The van der Waals surface area contributed by atoms with E-state index in [4.69, 9.17) is 28.2 Å². The number of hydrogen-bond donors (Lipinski definition) is 2. The molecule has 1 aromatic carbocycles. The first kappa shape index (κ1) is 15.2. The molecule has 23 heavy (non-hydrogen) atoms. The number of rotatable bonds is 3. The number of nitrogens with one attached hydrogen (secondary N) is 2. The summed E-state index contributed by atoms with van der Waals surface area (Å²) in [4.78, 5) is 22.2. The first-order chi connectivity index (χ1) is 10.9. The van der Waals surface area contributed by atoms with Crippen LogP contribution in [-0.2, 0) is 4.79 Å². The molecule has 116 valence electrons. The first-order valence-electron chi connectivity index (χ1n) is 6.32. The van der Waals surface area contributed by atoms with E-state index in [0.717, 1.165) is 0 Å². The van der Waals surface area contributed by atoms with Gasteiger partial charge in [0.25, 0.3) is 11.6 Å². The zero-order valence-electron chi connectivity index (χ0n) is 11.3. The van der Waals surface area contributed by atoms with Crippen LogP contribution >= 0.6 is 23.8 Å². The molecule has 1 saturated heterocycles. The van der Waals surface area contributed by atoms with E-state index in [1.165, 1.54) is 24.3 Å². The van der Waals surface area contributed by atoms with Crippen molar-refractivity contribution in [1.82, 2.24) is 10.6 Å². The molecule has 0 unspecified atom stereocenters. The second-order valence-electron chi connectivity index (χ2n) is 4.59. The second kappa shape index (κ2) is 5.82. The number of carbonyl (C=O) groups excluding carboxylic acids is 1. The number of benzene rings is 1. The Kier molecular flexibility index (Phi) is 3.85. The van der Waals surface area contributed by atoms with Gasteiger partial charge >= 0.3 is 0 Å². The van der Waals surface area contributed by atoms with Crippen molar-refractivity contribution in [2.45, 2.75) is 0 Å². The van der Waals surface area contributed by atoms with Crippen molar-refractivity contribution in [1.29, 1.82) is 0 Å². The Morgan fingerprint density at radius 3 is 2.70 bits per heavy atom. The van der Waals surface area contributed by atoms with E-state index in [1.54, 1.807) is 12.1 Å². The molecule has 0 bridgehead atoms. The standard InChI is InChI=1S/C14H8ClN3O4S/c15-7-1-3-9(11(5-7)18(20)21)12-4-2-8(22-12)6-10-13(19)17-14(23)16-10/h1-6H,(H2,16,17,19,23)/b10-6-. The Morgan fingerprint density at radius 2 is 2.04 bits per heavy atom. The number of hydrogen-bond acceptors (Lipinski definition) is 5. The average Bonchev–Trinajstić information content (AvgIpc) is 3.06. The number of furan rings is 1. The Bertz CT molecular complexity index is 875. The minimum Gasteiger partial charge on any atom is -0.456 e. The van der Waals surface area contributed by atoms with Gasteiger partial charge in [0.1, 0.15) is 17.2 Å². The number of amides is 1. The zero-order valence-corrected chi connectivity index (χ0v) is 12.9. The zero-order chi connectivity index (χ0) is 16.6. The molecule has 1 amide bonds. The summed E-state index contributed by atoms with van der Waals surface area (Å²) in [5.74, 6) is 0.276. The van der Waals surface area contributed by atoms with Gasteiger partial charge in [-0.1, -0.05) is 11.6 Å². The predicted octanol–water partition coefficient (Wildman–Crippen LogP) is 2.85. The molecule has 9 heteroatoms. The Balaban J connectivity index is 1.97. The van der Waals surface area contributed by atoms with Gasteiger partial charge in [0.05, 0.1) is 10.5 Å². The van der Waals surface area contributed by atoms with Crippen molar-refractivity contribution in [3.63, 3.8) is 0 Å². The van der Waals surface area contributed by atoms with Crippen LogP contribution in [0, 0.1) is 10.1 Å². The highest BCUT2D eigenvalue weighted by Crippen LogP contribution is 2.33. The third kappa shape index (κ3) is 3.08. The largest absolute Gasteiger partial charge is 0.456 e. The summed E-state index contributed by atoms with van der Waals surface area (Å²) in [6, 6.07) is 7.47. The van der Waals surface area contributed by atoms with Crippen LogP contribution in [0.5, 0.6) is 0 Å². The predicted molar refractivity (Wildman–Crippen MR) is 87.7 cm³/mol. The lowest BCUT2D eigenvalue weighted by Crippen LogP contribution is -2.21. The number of nitro benzene ring substituents is 1. The van der Waals surface area contributed by atoms with E-state index in [-0.39, 0.29) is 27.4 Å². The topological polar surface area (TPSA) is 97.4 Å². The van der Waals surface area contributed by atoms with Crippen LogP contribution in [0.1, 0.15) is 5.76 Å². The molecule has 0 spiro atoms. The fraction of sp³-hybridized carbons (Fsp3) is 0. The molecular weight excluding hydrogens is 342 g/mol. The summed E-state index contributed by atoms with van der Waals surface area (Å²) >= 11 is 10.6. The highest BCUT2D eigenvalue weighted by atomic mass is 35.5. The quantitative estimate of drug-likeness (QED) is 0.383. The highest BCUT2D eigenvalue weighted by molar-refractivity contribution is 7.80. The van der Waals surface area contributed by atoms with Gasteiger partial charge in [-0.15, -0.1) is 0 Å². The second-order valence-corrected chi connectivity index (χ2v) is 5.43. The first-order valence-corrected chi connectivity index (χ1v) is 7.11. The highest BCUT2D eigenvalue weighted by Gasteiger charge is 2.22. The molecule has 7 nitrogen and oxygen atoms in total. The molecule has 1 aromatic heterocycles. The third-order valence-electron chi connectivity index (χ3n) is 3.06. The van der Waals surface area contributed by atoms with Gasteiger partial charge in [-0.25, -0.2) is 0 Å². The van der Waals surface area contributed by atoms with Crippen molar-refractivity contribution in [3.8, 4) is 11.3 Å². The van der Waals surface area contributed by atoms with E-state index < -0.39 is 4.92 Å². The van der Waals surface area contributed by atoms with Crippen LogP contribution in [-0.4, -0.2) is 15.9 Å². The normalized spacial score (nSPS) is 15.6. The van der Waals surface area contributed by atoms with Gasteiger partial charge in [0.15, 0.2) is 5.11 Å². The van der Waals surface area contributed by atoms with Crippen LogP contribution in [0.15, 0.2) is 40.4 Å². The van der Waals surface area contributed by atoms with E-state index >= 15 is 0 Å². The van der Waals surface area contributed by atoms with Crippen LogP contribution in [0.2, 0.25) is 5.02 Å². The Morgan fingerprint density at radius 1 is 1.26 bits per heavy atom. The number of nitrogens with zero attached hydrogens (tertiary/aromatic N) is 1. The smallest absolute Gasteiger partial charge is 0.281 e. The van der Waals surface area contributed by atoms with Crippen molar-refractivity contribution in [2.24, 2.45) is 0 Å². The van der Waals surface area contributed by atoms with Crippen molar-refractivity contribution in [3.05, 3.63) is 56.9 Å². The number of thiocarbonyl (C=S) groups is 1. The fourth-order valence-electron chi connectivity index (χ4n) is 2.06. The number of halogens is 1. The van der Waals surface area contributed by atoms with Crippen molar-refractivity contribution < 1.29 is 14.1 Å². The summed E-state index contributed by atoms with van der Waals surface area (Å²) in [5.41, 5.74) is 0.369. The molecule has 0 saturated carbocycles. The van der Waals surface area contributed by atoms with E-state index in [1.807, 2.05) is 0 Å². The number of carbonyl (C=O) groups is 1. The molecule has 0 atom stereocenters. The summed E-state index contributed by atoms with van der Waals surface area (Å²) in [6.07, 6.45) is 1.46. The molecular formula is C14H8ClN3O4S. The maximum Gasteiger partial charge on any atom is 0.281 e. The van der Waals surface area contributed by atoms with Gasteiger partial charge in [-0.2, -0.15) is 0 Å². The minimum absolute atomic E-state index is 0.163. The van der Waals surface area contributed by atoms with Crippen LogP contribution < -0.4 is 10.6 Å². The maximum absolute atomic E-state index is 11.6. The summed E-state index contributed by atoms with van der Waals surface area (Å²) in [7, 11) is 0. The van der Waals surface area contributed by atoms with E-state index in [9.17, 15) is 14.9 Å². The fourth-order valence-corrected chi connectivity index (χ4v) is 2.43. The Hall–Kier alpha value is -2.71. The Labute approximate surface area is 140 Å². The van der Waals surface area contributed by atoms with Crippen LogP contribution in [0.25, 0.3) is 17.4 Å². The van der Waals surface area contributed by atoms with Gasteiger partial charge in [0.2, 0.25) is 0 Å². The summed E-state index contributed by atoms with van der Waals surface area (Å²) in [5, 5.41) is 16.7. The molecule has 0 aliphatic carbocycles. The monoisotopic (exact) mass is 349 g/mol. The average molecular weight is 350 g/mol. The number of nitro groups is 1. The molecule has 2 heterocycles. The van der Waals surface area contributed by atoms with Crippen LogP contribution in [0.4, 0.5) is 5.69 Å². The summed E-state index contributed by atoms with van der Waals surface area (Å²) in [6.45, 7) is 0. The van der Waals surface area contributed by atoms with E-state index in [2.05, 4.69) is 10.6 Å². The third-order valence-corrected chi connectivity index (χ3v) is 3.49. The van der Waals surface area contributed by atoms with E-state index in [0.29, 0.717) is 17.1 Å². The molecule has 1 aliphatic rings. The lowest BCUT2D eigenvalue weighted by molar-refractivity contribution is -0.384. The lowest BCUT2D eigenvalue weighted by Gasteiger charge is -2.00.